The summed E-state index contributed by atoms with van der Waals surface area (Å²) in [5.41, 5.74) is -1.30. The Kier molecular flexibility index (Phi) is 4.52. The molecule has 5 rings (SSSR count). The number of carbonyl (C=O) groups is 2. The number of anilines is 1. The maximum atomic E-state index is 15.4. The number of aromatic carboxylic acids is 1. The molecule has 0 bridgehead atoms. The number of benzene rings is 1. The summed E-state index contributed by atoms with van der Waals surface area (Å²) >= 11 is 0. The topological polar surface area (TPSA) is 121 Å². The fourth-order valence-electron chi connectivity index (χ4n) is 4.87. The van der Waals surface area contributed by atoms with E-state index in [4.69, 9.17) is 4.74 Å². The molecule has 9 nitrogen and oxygen atoms in total. The van der Waals surface area contributed by atoms with Crippen LogP contribution in [-0.4, -0.2) is 52.6 Å². The van der Waals surface area contributed by atoms with Gasteiger partial charge in [-0.25, -0.2) is 9.18 Å². The monoisotopic (exact) mass is 431 g/mol. The van der Waals surface area contributed by atoms with Crippen molar-refractivity contribution in [2.24, 2.45) is 5.92 Å². The molecule has 1 aliphatic carbocycles. The van der Waals surface area contributed by atoms with Gasteiger partial charge in [-0.15, -0.1) is 0 Å². The van der Waals surface area contributed by atoms with E-state index < -0.39 is 46.9 Å². The zero-order valence-corrected chi connectivity index (χ0v) is 16.8. The number of halogens is 1. The quantitative estimate of drug-likeness (QED) is 0.665. The average molecular weight is 431 g/mol. The number of aliphatic hydroxyl groups excluding tert-OH is 1. The zero-order chi connectivity index (χ0) is 22.0. The fraction of sp³-hybridized carbons (Fsp3) is 0.476. The highest BCUT2D eigenvalue weighted by Crippen LogP contribution is 2.46. The van der Waals surface area contributed by atoms with Crippen molar-refractivity contribution >= 4 is 28.5 Å². The molecule has 3 unspecified atom stereocenters. The zero-order valence-electron chi connectivity index (χ0n) is 16.8. The van der Waals surface area contributed by atoms with Crippen LogP contribution in [0.15, 0.2) is 17.1 Å². The number of amides is 1. The number of piperidine rings is 1. The summed E-state index contributed by atoms with van der Waals surface area (Å²) in [6.07, 6.45) is 2.84. The molecule has 0 radical (unpaired) electrons. The number of carboxylic acids is 1. The van der Waals surface area contributed by atoms with E-state index in [9.17, 15) is 24.6 Å². The van der Waals surface area contributed by atoms with E-state index in [0.717, 1.165) is 30.2 Å². The van der Waals surface area contributed by atoms with Crippen molar-refractivity contribution in [3.8, 4) is 5.75 Å². The molecule has 1 saturated carbocycles. The van der Waals surface area contributed by atoms with E-state index in [-0.39, 0.29) is 28.4 Å². The Labute approximate surface area is 176 Å². The highest BCUT2D eigenvalue weighted by atomic mass is 19.1. The van der Waals surface area contributed by atoms with E-state index in [2.05, 4.69) is 5.32 Å². The van der Waals surface area contributed by atoms with Crippen LogP contribution < -0.4 is 20.4 Å². The number of ether oxygens (including phenoxy) is 1. The Morgan fingerprint density at radius 3 is 2.65 bits per heavy atom. The number of nitrogens with zero attached hydrogens (tertiary/aromatic N) is 2. The van der Waals surface area contributed by atoms with Crippen LogP contribution in [0.3, 0.4) is 0 Å². The molecular formula is C21H22FN3O6. The van der Waals surface area contributed by atoms with Gasteiger partial charge in [0.1, 0.15) is 17.5 Å². The molecule has 3 atom stereocenters. The van der Waals surface area contributed by atoms with Crippen molar-refractivity contribution in [3.05, 3.63) is 33.9 Å². The lowest BCUT2D eigenvalue weighted by atomic mass is 9.93. The minimum Gasteiger partial charge on any atom is -0.492 e. The van der Waals surface area contributed by atoms with Crippen molar-refractivity contribution in [3.63, 3.8) is 0 Å². The largest absolute Gasteiger partial charge is 0.492 e. The highest BCUT2D eigenvalue weighted by molar-refractivity contribution is 6.04. The third-order valence-electron chi connectivity index (χ3n) is 6.46. The molecule has 164 valence electrons. The number of methoxy groups -OCH3 is 1. The third kappa shape index (κ3) is 2.85. The van der Waals surface area contributed by atoms with E-state index in [0.29, 0.717) is 13.0 Å². The van der Waals surface area contributed by atoms with Gasteiger partial charge in [0.2, 0.25) is 11.3 Å². The van der Waals surface area contributed by atoms with Crippen molar-refractivity contribution in [2.75, 3.05) is 18.6 Å². The predicted molar refractivity (Wildman–Crippen MR) is 108 cm³/mol. The van der Waals surface area contributed by atoms with Crippen LogP contribution in [0.1, 0.15) is 42.1 Å². The molecule has 2 aromatic rings. The molecule has 31 heavy (non-hydrogen) atoms. The third-order valence-corrected chi connectivity index (χ3v) is 6.46. The maximum absolute atomic E-state index is 15.4. The van der Waals surface area contributed by atoms with Crippen LogP contribution in [0.25, 0.3) is 10.9 Å². The lowest BCUT2D eigenvalue weighted by molar-refractivity contribution is -0.121. The molecule has 3 heterocycles. The summed E-state index contributed by atoms with van der Waals surface area (Å²) in [7, 11) is 1.29. The maximum Gasteiger partial charge on any atom is 0.341 e. The van der Waals surface area contributed by atoms with Crippen LogP contribution in [0.4, 0.5) is 10.1 Å². The Morgan fingerprint density at radius 2 is 2.03 bits per heavy atom. The summed E-state index contributed by atoms with van der Waals surface area (Å²) < 4.78 is 22.5. The molecule has 2 aliphatic heterocycles. The van der Waals surface area contributed by atoms with Gasteiger partial charge in [-0.05, 0) is 38.3 Å². The number of pyridine rings is 1. The summed E-state index contributed by atoms with van der Waals surface area (Å²) in [5.74, 6) is -3.29. The van der Waals surface area contributed by atoms with Crippen molar-refractivity contribution < 1.29 is 28.9 Å². The Balaban J connectivity index is 1.79. The standard InChI is InChI=1S/C21H22FN3O6/c1-31-18-15-11(17(26)12(21(29)30)8-24(15)9-4-5-9)7-13(22)16(18)25-19(27)10-3-2-6-23-14(10)20(25)28/h7-10,14,20,23,28H,2-6H2,1H3,(H,29,30). The Bertz CT molecular complexity index is 1170. The number of fused-ring (bicyclic) bond motifs is 2. The predicted octanol–water partition coefficient (Wildman–Crippen LogP) is 1.22. The van der Waals surface area contributed by atoms with Gasteiger partial charge in [-0.1, -0.05) is 0 Å². The number of hydrogen-bond acceptors (Lipinski definition) is 6. The van der Waals surface area contributed by atoms with Crippen molar-refractivity contribution in [1.82, 2.24) is 9.88 Å². The first-order chi connectivity index (χ1) is 14.8. The SMILES string of the molecule is COc1c(N2C(=O)C3CCCNC3C2O)c(F)cc2c(=O)c(C(=O)O)cn(C3CC3)c12. The number of aliphatic hydroxyl groups is 1. The first-order valence-corrected chi connectivity index (χ1v) is 10.3. The van der Waals surface area contributed by atoms with Crippen LogP contribution in [0.5, 0.6) is 5.75 Å². The Hall–Kier alpha value is -2.98. The van der Waals surface area contributed by atoms with Crippen LogP contribution in [0.2, 0.25) is 0 Å². The molecule has 2 saturated heterocycles. The molecule has 1 aromatic heterocycles. The fourth-order valence-corrected chi connectivity index (χ4v) is 4.87. The average Bonchev–Trinajstić information content (AvgIpc) is 3.56. The summed E-state index contributed by atoms with van der Waals surface area (Å²) in [6.45, 7) is 0.649. The summed E-state index contributed by atoms with van der Waals surface area (Å²) in [6, 6.07) is 0.355. The Morgan fingerprint density at radius 1 is 1.29 bits per heavy atom. The van der Waals surface area contributed by atoms with E-state index in [1.165, 1.54) is 13.3 Å². The van der Waals surface area contributed by atoms with Gasteiger partial charge >= 0.3 is 5.97 Å². The summed E-state index contributed by atoms with van der Waals surface area (Å²) in [5, 5.41) is 23.3. The minimum absolute atomic E-state index is 0.0585. The summed E-state index contributed by atoms with van der Waals surface area (Å²) in [4.78, 5) is 38.5. The first kappa shape index (κ1) is 20.0. The van der Waals surface area contributed by atoms with Crippen molar-refractivity contribution in [2.45, 2.75) is 44.0 Å². The number of carboxylic acid groups (broad SMARTS) is 1. The molecular weight excluding hydrogens is 409 g/mol. The van der Waals surface area contributed by atoms with Crippen LogP contribution in [-0.2, 0) is 4.79 Å². The van der Waals surface area contributed by atoms with Gasteiger partial charge in [0.15, 0.2) is 11.6 Å². The number of aromatic nitrogens is 1. The number of nitrogens with one attached hydrogen (secondary N) is 1. The second-order valence-corrected chi connectivity index (χ2v) is 8.30. The van der Waals surface area contributed by atoms with Crippen LogP contribution in [0, 0.1) is 11.7 Å². The van der Waals surface area contributed by atoms with Gasteiger partial charge in [-0.2, -0.15) is 0 Å². The van der Waals surface area contributed by atoms with Crippen LogP contribution >= 0.6 is 0 Å². The number of rotatable bonds is 4. The molecule has 10 heteroatoms. The molecule has 3 N–H and O–H groups in total. The molecule has 3 fully saturated rings. The lowest BCUT2D eigenvalue weighted by Crippen LogP contribution is -2.47. The van der Waals surface area contributed by atoms with Crippen molar-refractivity contribution in [1.29, 1.82) is 0 Å². The molecule has 0 spiro atoms. The number of hydrogen-bond donors (Lipinski definition) is 3. The smallest absolute Gasteiger partial charge is 0.341 e. The minimum atomic E-state index is -1.40. The van der Waals surface area contributed by atoms with Gasteiger partial charge in [-0.3, -0.25) is 14.5 Å². The molecule has 1 aromatic carbocycles. The molecule has 1 amide bonds. The van der Waals surface area contributed by atoms with E-state index in [1.54, 1.807) is 4.57 Å². The highest BCUT2D eigenvalue weighted by Gasteiger charge is 2.50. The van der Waals surface area contributed by atoms with Gasteiger partial charge in [0.25, 0.3) is 0 Å². The first-order valence-electron chi connectivity index (χ1n) is 10.3. The number of carbonyl (C=O) groups excluding carboxylic acids is 1. The normalized spacial score (nSPS) is 25.7. The second-order valence-electron chi connectivity index (χ2n) is 8.30. The van der Waals surface area contributed by atoms with E-state index >= 15 is 4.39 Å². The van der Waals surface area contributed by atoms with Gasteiger partial charge < -0.3 is 24.8 Å². The second kappa shape index (κ2) is 7.03. The van der Waals surface area contributed by atoms with Gasteiger partial charge in [0.05, 0.1) is 30.0 Å². The van der Waals surface area contributed by atoms with Gasteiger partial charge in [0, 0.05) is 12.2 Å². The van der Waals surface area contributed by atoms with E-state index in [1.807, 2.05) is 0 Å². The lowest BCUT2D eigenvalue weighted by Gasteiger charge is -2.28. The molecule has 3 aliphatic rings.